The van der Waals surface area contributed by atoms with E-state index in [1.807, 2.05) is 45.0 Å². The fourth-order valence-electron chi connectivity index (χ4n) is 9.13. The number of nitrogens with zero attached hydrogens (tertiary/aromatic N) is 2. The Labute approximate surface area is 394 Å². The number of aromatic nitrogens is 1. The van der Waals surface area contributed by atoms with Crippen LogP contribution in [0.15, 0.2) is 65.5 Å². The normalized spacial score (nSPS) is 16.0. The number of carbonyl (C=O) groups is 7. The number of anilines is 1. The first-order valence-corrected chi connectivity index (χ1v) is 23.3. The molecule has 2 saturated heterocycles. The van der Waals surface area contributed by atoms with E-state index < -0.39 is 35.6 Å². The van der Waals surface area contributed by atoms with Crippen LogP contribution in [0.3, 0.4) is 0 Å². The summed E-state index contributed by atoms with van der Waals surface area (Å²) in [6.45, 7) is 10.4. The van der Waals surface area contributed by atoms with Crippen LogP contribution in [0.25, 0.3) is 11.1 Å². The molecular weight excluding hydrogens is 871 g/mol. The molecule has 1 atom stereocenters. The number of carbonyl (C=O) groups excluding carboxylic acids is 7. The van der Waals surface area contributed by atoms with Crippen molar-refractivity contribution in [2.75, 3.05) is 44.4 Å². The number of ether oxygens (including phenoxy) is 2. The summed E-state index contributed by atoms with van der Waals surface area (Å²) in [4.78, 5) is 109. The van der Waals surface area contributed by atoms with Crippen molar-refractivity contribution in [1.82, 2.24) is 31.2 Å². The van der Waals surface area contributed by atoms with Crippen molar-refractivity contribution >= 4 is 47.0 Å². The monoisotopic (exact) mass is 929 g/mol. The number of aromatic amines is 1. The molecule has 358 valence electrons. The molecule has 17 heteroatoms. The highest BCUT2D eigenvalue weighted by Gasteiger charge is 2.46. The molecule has 0 bridgehead atoms. The average Bonchev–Trinajstić information content (AvgIpc) is 3.58. The maximum atomic E-state index is 13.9. The van der Waals surface area contributed by atoms with Crippen LogP contribution in [0, 0.1) is 20.8 Å². The molecule has 0 aliphatic carbocycles. The maximum Gasteiger partial charge on any atom is 0.266 e. The molecule has 7 amide bonds. The van der Waals surface area contributed by atoms with Crippen LogP contribution in [-0.2, 0) is 25.7 Å². The standard InChI is InChI=1S/C51H59N7O10/c1-5-57(36-19-23-67-24-20-36)41-27-35(26-38(32(41)4)47(62)54-28-39-30(2)25-31(3)55-48(39)63)33-13-15-34(16-14-33)46(61)53-22-9-7-6-8-21-52-44(60)29-68-42-12-10-11-37-45(42)51(66)58(50(37)65)40-17-18-43(59)56-49(40)64/h10-16,25-27,36,40H,5-9,17-24,28-29H2,1-4H3,(H,52,60)(H,53,61)(H,54,62)(H,55,63)(H,56,59,64). The van der Waals surface area contributed by atoms with Crippen LogP contribution in [-0.4, -0.2) is 103 Å². The van der Waals surface area contributed by atoms with E-state index in [0.29, 0.717) is 49.4 Å². The number of piperidine rings is 1. The Balaban J connectivity index is 0.874. The first-order valence-electron chi connectivity index (χ1n) is 23.3. The molecule has 3 aliphatic rings. The number of hydrogen-bond donors (Lipinski definition) is 5. The third-order valence-electron chi connectivity index (χ3n) is 12.8. The number of amides is 7. The second kappa shape index (κ2) is 22.1. The summed E-state index contributed by atoms with van der Waals surface area (Å²) >= 11 is 0. The van der Waals surface area contributed by atoms with E-state index >= 15 is 0 Å². The summed E-state index contributed by atoms with van der Waals surface area (Å²) in [5.41, 5.74) is 6.37. The number of pyridine rings is 1. The Morgan fingerprint density at radius 3 is 2.22 bits per heavy atom. The molecule has 7 rings (SSSR count). The van der Waals surface area contributed by atoms with E-state index in [0.717, 1.165) is 77.2 Å². The number of hydrogen-bond acceptors (Lipinski definition) is 11. The van der Waals surface area contributed by atoms with Gasteiger partial charge in [-0.3, -0.25) is 48.6 Å². The van der Waals surface area contributed by atoms with E-state index in [9.17, 15) is 38.4 Å². The summed E-state index contributed by atoms with van der Waals surface area (Å²) in [6.07, 6.45) is 4.83. The molecule has 3 aromatic carbocycles. The SMILES string of the molecule is CCN(c1cc(-c2ccc(C(=O)NCCCCCCNC(=O)COc3cccc4c3C(=O)N(C3CCC(=O)NC3=O)C4=O)cc2)cc(C(=O)NCc2c(C)cc(C)[nH]c2=O)c1C)C1CCOCC1. The van der Waals surface area contributed by atoms with Crippen LogP contribution in [0.4, 0.5) is 5.69 Å². The van der Waals surface area contributed by atoms with E-state index in [4.69, 9.17) is 9.47 Å². The van der Waals surface area contributed by atoms with E-state index in [1.54, 1.807) is 12.1 Å². The first kappa shape index (κ1) is 48.8. The van der Waals surface area contributed by atoms with Gasteiger partial charge in [0.05, 0.1) is 11.1 Å². The zero-order chi connectivity index (χ0) is 48.5. The number of benzene rings is 3. The van der Waals surface area contributed by atoms with Gasteiger partial charge < -0.3 is 35.3 Å². The molecule has 1 aromatic heterocycles. The summed E-state index contributed by atoms with van der Waals surface area (Å²) in [7, 11) is 0. The van der Waals surface area contributed by atoms with Crippen LogP contribution in [0.5, 0.6) is 5.75 Å². The van der Waals surface area contributed by atoms with Gasteiger partial charge in [-0.15, -0.1) is 0 Å². The molecule has 1 unspecified atom stereocenters. The van der Waals surface area contributed by atoms with Crippen LogP contribution in [0.2, 0.25) is 0 Å². The lowest BCUT2D eigenvalue weighted by Gasteiger charge is -2.37. The van der Waals surface area contributed by atoms with Gasteiger partial charge in [-0.25, -0.2) is 0 Å². The smallest absolute Gasteiger partial charge is 0.266 e. The Bertz CT molecular complexity index is 2650. The van der Waals surface area contributed by atoms with Crippen molar-refractivity contribution in [1.29, 1.82) is 0 Å². The fourth-order valence-corrected chi connectivity index (χ4v) is 9.13. The average molecular weight is 930 g/mol. The second-order valence-corrected chi connectivity index (χ2v) is 17.4. The minimum Gasteiger partial charge on any atom is -0.483 e. The van der Waals surface area contributed by atoms with Gasteiger partial charge in [0.1, 0.15) is 11.8 Å². The summed E-state index contributed by atoms with van der Waals surface area (Å²) < 4.78 is 11.3. The number of rotatable bonds is 19. The third kappa shape index (κ3) is 11.2. The van der Waals surface area contributed by atoms with Crippen molar-refractivity contribution in [3.63, 3.8) is 0 Å². The molecule has 2 fully saturated rings. The number of aryl methyl sites for hydroxylation is 2. The molecule has 4 heterocycles. The first-order chi connectivity index (χ1) is 32.7. The largest absolute Gasteiger partial charge is 0.483 e. The summed E-state index contributed by atoms with van der Waals surface area (Å²) in [6, 6.07) is 16.8. The zero-order valence-corrected chi connectivity index (χ0v) is 39.0. The summed E-state index contributed by atoms with van der Waals surface area (Å²) in [5, 5.41) is 10.9. The van der Waals surface area contributed by atoms with Gasteiger partial charge >= 0.3 is 0 Å². The van der Waals surface area contributed by atoms with E-state index in [1.165, 1.54) is 18.2 Å². The van der Waals surface area contributed by atoms with Crippen molar-refractivity contribution in [3.8, 4) is 16.9 Å². The third-order valence-corrected chi connectivity index (χ3v) is 12.8. The Morgan fingerprint density at radius 1 is 0.809 bits per heavy atom. The van der Waals surface area contributed by atoms with Crippen molar-refractivity contribution in [2.24, 2.45) is 0 Å². The zero-order valence-electron chi connectivity index (χ0n) is 39.0. The molecule has 0 spiro atoms. The minimum atomic E-state index is -1.11. The lowest BCUT2D eigenvalue weighted by Crippen LogP contribution is -2.54. The lowest BCUT2D eigenvalue weighted by molar-refractivity contribution is -0.136. The van der Waals surface area contributed by atoms with Gasteiger partial charge in [-0.05, 0) is 125 Å². The van der Waals surface area contributed by atoms with E-state index in [-0.39, 0.29) is 66.3 Å². The molecule has 5 N–H and O–H groups in total. The van der Waals surface area contributed by atoms with Gasteiger partial charge in [0.25, 0.3) is 35.1 Å². The van der Waals surface area contributed by atoms with Gasteiger partial charge in [0.15, 0.2) is 6.61 Å². The van der Waals surface area contributed by atoms with Crippen LogP contribution < -0.4 is 36.5 Å². The molecule has 0 radical (unpaired) electrons. The highest BCUT2D eigenvalue weighted by Crippen LogP contribution is 2.35. The molecule has 4 aromatic rings. The number of fused-ring (bicyclic) bond motifs is 1. The predicted molar refractivity (Wildman–Crippen MR) is 254 cm³/mol. The van der Waals surface area contributed by atoms with Gasteiger partial charge in [0, 0.05) is 79.9 Å². The number of unbranched alkanes of at least 4 members (excludes halogenated alkanes) is 3. The molecule has 17 nitrogen and oxygen atoms in total. The van der Waals surface area contributed by atoms with Crippen molar-refractivity contribution < 1.29 is 43.0 Å². The highest BCUT2D eigenvalue weighted by molar-refractivity contribution is 6.24. The Morgan fingerprint density at radius 2 is 1.53 bits per heavy atom. The lowest BCUT2D eigenvalue weighted by atomic mass is 9.94. The summed E-state index contributed by atoms with van der Waals surface area (Å²) in [5.74, 6) is -3.40. The van der Waals surface area contributed by atoms with Gasteiger partial charge in [-0.2, -0.15) is 0 Å². The number of nitrogens with one attached hydrogen (secondary N) is 5. The Hall–Kier alpha value is -7.14. The van der Waals surface area contributed by atoms with Crippen molar-refractivity contribution in [3.05, 3.63) is 116 Å². The highest BCUT2D eigenvalue weighted by atomic mass is 16.5. The molecule has 3 aliphatic heterocycles. The van der Waals surface area contributed by atoms with E-state index in [2.05, 4.69) is 44.1 Å². The number of H-pyrrole nitrogens is 1. The molecule has 0 saturated carbocycles. The van der Waals surface area contributed by atoms with Crippen LogP contribution in [0.1, 0.15) is 122 Å². The van der Waals surface area contributed by atoms with Crippen LogP contribution >= 0.6 is 0 Å². The maximum absolute atomic E-state index is 13.9. The van der Waals surface area contributed by atoms with Gasteiger partial charge in [-0.1, -0.05) is 31.0 Å². The predicted octanol–water partition coefficient (Wildman–Crippen LogP) is 4.79. The molecular formula is C51H59N7O10. The van der Waals surface area contributed by atoms with Crippen molar-refractivity contribution in [2.45, 2.75) is 97.7 Å². The molecule has 68 heavy (non-hydrogen) atoms. The minimum absolute atomic E-state index is 0.00323. The topological polar surface area (TPSA) is 225 Å². The fraction of sp³-hybridized carbons (Fsp3) is 0.412. The number of imide groups is 2. The van der Waals surface area contributed by atoms with Gasteiger partial charge in [0.2, 0.25) is 11.8 Å². The second-order valence-electron chi connectivity index (χ2n) is 17.4. The quantitative estimate of drug-likeness (QED) is 0.0635. The Kier molecular flexibility index (Phi) is 15.9.